The lowest BCUT2D eigenvalue weighted by Gasteiger charge is -2.22. The van der Waals surface area contributed by atoms with Crippen LogP contribution in [0.2, 0.25) is 0 Å². The van der Waals surface area contributed by atoms with Crippen LogP contribution in [0, 0.1) is 11.3 Å². The van der Waals surface area contributed by atoms with Crippen molar-refractivity contribution in [3.63, 3.8) is 0 Å². The van der Waals surface area contributed by atoms with Crippen molar-refractivity contribution in [3.05, 3.63) is 92.7 Å². The summed E-state index contributed by atoms with van der Waals surface area (Å²) in [7, 11) is 0. The van der Waals surface area contributed by atoms with Gasteiger partial charge in [-0.3, -0.25) is 9.32 Å². The Kier molecular flexibility index (Phi) is 7.07. The Balaban J connectivity index is 1.36. The van der Waals surface area contributed by atoms with Gasteiger partial charge in [0.2, 0.25) is 11.6 Å². The summed E-state index contributed by atoms with van der Waals surface area (Å²) in [6.45, 7) is 1.90. The first-order valence-electron chi connectivity index (χ1n) is 11.8. The van der Waals surface area contributed by atoms with Crippen molar-refractivity contribution in [3.8, 4) is 11.8 Å². The number of aromatic nitrogens is 2. The third-order valence-corrected chi connectivity index (χ3v) is 9.00. The fraction of sp³-hybridized carbons (Fsp3) is 0.259. The second-order valence-corrected chi connectivity index (χ2v) is 10.9. The number of carbonyl (C=O) groups excluding carboxylic acids is 1. The van der Waals surface area contributed by atoms with Gasteiger partial charge in [-0.05, 0) is 64.4 Å². The summed E-state index contributed by atoms with van der Waals surface area (Å²) in [5.74, 6) is 0.171. The van der Waals surface area contributed by atoms with Gasteiger partial charge in [-0.2, -0.15) is 5.26 Å². The van der Waals surface area contributed by atoms with Crippen molar-refractivity contribution >= 4 is 34.0 Å². The van der Waals surface area contributed by atoms with E-state index in [1.807, 2.05) is 43.3 Å². The fourth-order valence-electron chi connectivity index (χ4n) is 4.56. The number of amides is 1. The molecule has 7 nitrogen and oxygen atoms in total. The van der Waals surface area contributed by atoms with Gasteiger partial charge < -0.3 is 5.32 Å². The van der Waals surface area contributed by atoms with E-state index in [4.69, 9.17) is 4.52 Å². The number of carbonyl (C=O) groups is 1. The predicted molar refractivity (Wildman–Crippen MR) is 140 cm³/mol. The highest BCUT2D eigenvalue weighted by molar-refractivity contribution is 8.00. The first-order chi connectivity index (χ1) is 17.6. The standard InChI is InChI=1S/C27H24N4O3S2/c1-2-22(36-26-27(33)34-30-31(26)19-11-7-4-8-12-19)24(32)29-25-21(16-28)20-14-13-18(15-23(20)35-25)17-9-5-3-6-10-17/h3-12,18,22H,2,13-15H2,1H3,(H-,29,30,32,33)/p+1. The Labute approximate surface area is 216 Å². The molecule has 4 aromatic rings. The minimum atomic E-state index is -0.540. The number of H-pyrrole nitrogens is 1. The first-order valence-corrected chi connectivity index (χ1v) is 13.5. The van der Waals surface area contributed by atoms with Gasteiger partial charge >= 0.3 is 10.7 Å². The third-order valence-electron chi connectivity index (χ3n) is 6.42. The van der Waals surface area contributed by atoms with E-state index < -0.39 is 10.9 Å². The van der Waals surface area contributed by atoms with Gasteiger partial charge in [-0.15, -0.1) is 11.3 Å². The molecule has 2 aromatic carbocycles. The molecule has 1 amide bonds. The van der Waals surface area contributed by atoms with Gasteiger partial charge in [-0.25, -0.2) is 4.79 Å². The molecular formula is C27H25N4O3S2+. The molecular weight excluding hydrogens is 492 g/mol. The molecule has 0 saturated heterocycles. The van der Waals surface area contributed by atoms with E-state index in [-0.39, 0.29) is 5.91 Å². The molecule has 2 N–H and O–H groups in total. The molecule has 1 aliphatic rings. The lowest BCUT2D eigenvalue weighted by atomic mass is 9.83. The molecule has 0 bridgehead atoms. The summed E-state index contributed by atoms with van der Waals surface area (Å²) in [5.41, 5.74) is 3.12. The zero-order valence-corrected chi connectivity index (χ0v) is 21.3. The number of para-hydroxylation sites is 1. The summed E-state index contributed by atoms with van der Waals surface area (Å²) >= 11 is 2.65. The maximum atomic E-state index is 13.3. The Morgan fingerprint density at radius 1 is 1.25 bits per heavy atom. The predicted octanol–water partition coefficient (Wildman–Crippen LogP) is 4.96. The highest BCUT2D eigenvalue weighted by Gasteiger charge is 2.32. The van der Waals surface area contributed by atoms with E-state index in [1.54, 1.807) is 0 Å². The average Bonchev–Trinajstić information content (AvgIpc) is 3.46. The zero-order valence-electron chi connectivity index (χ0n) is 19.7. The molecule has 2 unspecified atom stereocenters. The van der Waals surface area contributed by atoms with Crippen LogP contribution in [0.1, 0.15) is 47.3 Å². The number of rotatable bonds is 7. The van der Waals surface area contributed by atoms with Crippen LogP contribution in [-0.4, -0.2) is 16.4 Å². The number of benzene rings is 2. The Morgan fingerprint density at radius 3 is 2.67 bits per heavy atom. The molecule has 0 saturated carbocycles. The van der Waals surface area contributed by atoms with E-state index in [9.17, 15) is 14.9 Å². The molecule has 9 heteroatoms. The number of nitrogens with zero attached hydrogens (tertiary/aromatic N) is 2. The third kappa shape index (κ3) is 4.74. The lowest BCUT2D eigenvalue weighted by molar-refractivity contribution is -0.704. The van der Waals surface area contributed by atoms with Gasteiger partial charge in [0, 0.05) is 17.0 Å². The second kappa shape index (κ2) is 10.6. The maximum absolute atomic E-state index is 13.3. The van der Waals surface area contributed by atoms with Crippen LogP contribution in [-0.2, 0) is 17.6 Å². The van der Waals surface area contributed by atoms with Crippen LogP contribution >= 0.6 is 23.1 Å². The van der Waals surface area contributed by atoms with Gasteiger partial charge in [0.15, 0.2) is 0 Å². The van der Waals surface area contributed by atoms with Crippen molar-refractivity contribution in [2.24, 2.45) is 0 Å². The van der Waals surface area contributed by atoms with Crippen LogP contribution in [0.5, 0.6) is 0 Å². The van der Waals surface area contributed by atoms with Crippen molar-refractivity contribution in [2.75, 3.05) is 5.32 Å². The molecule has 2 heterocycles. The van der Waals surface area contributed by atoms with Crippen molar-refractivity contribution in [1.29, 1.82) is 5.26 Å². The molecule has 182 valence electrons. The smallest absolute Gasteiger partial charge is 0.316 e. The van der Waals surface area contributed by atoms with E-state index in [1.165, 1.54) is 21.6 Å². The Bertz CT molecular complexity index is 1470. The van der Waals surface area contributed by atoms with Crippen LogP contribution in [0.3, 0.4) is 0 Å². The molecule has 0 spiro atoms. The summed E-state index contributed by atoms with van der Waals surface area (Å²) < 4.78 is 6.56. The number of anilines is 1. The average molecular weight is 518 g/mol. The molecule has 0 fully saturated rings. The monoisotopic (exact) mass is 517 g/mol. The number of thiophene rings is 1. The van der Waals surface area contributed by atoms with Crippen molar-refractivity contribution in [2.45, 2.75) is 48.8 Å². The van der Waals surface area contributed by atoms with Crippen LogP contribution in [0.4, 0.5) is 5.00 Å². The number of nitrogens with one attached hydrogen (secondary N) is 2. The van der Waals surface area contributed by atoms with Crippen LogP contribution in [0.15, 0.2) is 75.0 Å². The molecule has 2 aromatic heterocycles. The van der Waals surface area contributed by atoms with E-state index in [0.717, 1.165) is 47.2 Å². The maximum Gasteiger partial charge on any atom is 0.442 e. The molecule has 5 rings (SSSR count). The number of hydrogen-bond acceptors (Lipinski definition) is 6. The van der Waals surface area contributed by atoms with E-state index >= 15 is 0 Å². The molecule has 2 atom stereocenters. The molecule has 1 aliphatic carbocycles. The van der Waals surface area contributed by atoms with Crippen LogP contribution in [0.25, 0.3) is 5.69 Å². The zero-order chi connectivity index (χ0) is 25.1. The summed E-state index contributed by atoms with van der Waals surface area (Å²) in [6, 6.07) is 22.0. The lowest BCUT2D eigenvalue weighted by Crippen LogP contribution is -2.37. The quantitative estimate of drug-likeness (QED) is 0.266. The number of fused-ring (bicyclic) bond motifs is 1. The summed E-state index contributed by atoms with van der Waals surface area (Å²) in [4.78, 5) is 26.9. The minimum Gasteiger partial charge on any atom is -0.316 e. The van der Waals surface area contributed by atoms with Gasteiger partial charge in [0.1, 0.15) is 11.1 Å². The Morgan fingerprint density at radius 2 is 1.97 bits per heavy atom. The highest BCUT2D eigenvalue weighted by Crippen LogP contribution is 2.42. The Hall–Kier alpha value is -3.61. The van der Waals surface area contributed by atoms with E-state index in [2.05, 4.69) is 40.9 Å². The topological polar surface area (TPSA) is 103 Å². The summed E-state index contributed by atoms with van der Waals surface area (Å²) in [5, 5.41) is 15.9. The summed E-state index contributed by atoms with van der Waals surface area (Å²) in [6.07, 6.45) is 3.16. The molecule has 36 heavy (non-hydrogen) atoms. The number of aromatic amines is 1. The number of hydrogen-bond donors (Lipinski definition) is 2. The highest BCUT2D eigenvalue weighted by atomic mass is 32.2. The largest absolute Gasteiger partial charge is 0.442 e. The van der Waals surface area contributed by atoms with Crippen molar-refractivity contribution < 1.29 is 14.0 Å². The van der Waals surface area contributed by atoms with E-state index in [0.29, 0.717) is 27.9 Å². The fourth-order valence-corrected chi connectivity index (χ4v) is 6.83. The number of nitriles is 1. The van der Waals surface area contributed by atoms with Crippen molar-refractivity contribution in [1.82, 2.24) is 5.27 Å². The normalized spacial score (nSPS) is 15.6. The van der Waals surface area contributed by atoms with Crippen LogP contribution < -0.4 is 15.6 Å². The molecule has 0 aliphatic heterocycles. The SMILES string of the molecule is CCC(Sc1c(=O)o[nH][n+]1-c1ccccc1)C(=O)Nc1sc2c(c1C#N)CCC(c1ccccc1)C2. The van der Waals surface area contributed by atoms with Gasteiger partial charge in [0.05, 0.1) is 10.8 Å². The number of thioether (sulfide) groups is 1. The van der Waals surface area contributed by atoms with Gasteiger partial charge in [0.25, 0.3) is 0 Å². The second-order valence-electron chi connectivity index (χ2n) is 8.63. The minimum absolute atomic E-state index is 0.239. The van der Waals surface area contributed by atoms with Gasteiger partial charge in [-0.1, -0.05) is 55.5 Å². The first kappa shape index (κ1) is 24.1. The molecule has 0 radical (unpaired) electrons.